The van der Waals surface area contributed by atoms with Crippen molar-refractivity contribution < 1.29 is 0 Å². The quantitative estimate of drug-likeness (QED) is 0.416. The third-order valence-corrected chi connectivity index (χ3v) is 2.66. The number of alkyl halides is 2. The molecular weight excluding hydrogens is 307 g/mol. The Hall–Kier alpha value is -1.87. The largest absolute Gasteiger partial charge is 0.369 e. The first-order chi connectivity index (χ1) is 9.63. The second kappa shape index (κ2) is 6.53. The molecule has 2 rings (SSSR count). The van der Waals surface area contributed by atoms with Crippen molar-refractivity contribution in [2.75, 3.05) is 30.6 Å². The van der Waals surface area contributed by atoms with Crippen LogP contribution in [0.1, 0.15) is 0 Å². The number of nitrogen functional groups attached to an aromatic ring is 1. The zero-order valence-corrected chi connectivity index (χ0v) is 11.8. The number of hydrogen-bond acceptors (Lipinski definition) is 6. The van der Waals surface area contributed by atoms with Gasteiger partial charge in [-0.05, 0) is 0 Å². The summed E-state index contributed by atoms with van der Waals surface area (Å²) in [5, 5.41) is 9.43. The van der Waals surface area contributed by atoms with E-state index in [-0.39, 0.29) is 23.1 Å². The Morgan fingerprint density at radius 3 is 2.55 bits per heavy atom. The van der Waals surface area contributed by atoms with Crippen LogP contribution < -0.4 is 11.3 Å². The second-order valence-electron chi connectivity index (χ2n) is 3.73. The molecular formula is C9H12Cl2N8O. The van der Waals surface area contributed by atoms with Gasteiger partial charge in [-0.25, -0.2) is 0 Å². The number of nitrogens with zero attached hydrogens (tertiary/aromatic N) is 5. The number of anilines is 1. The van der Waals surface area contributed by atoms with E-state index < -0.39 is 5.56 Å². The van der Waals surface area contributed by atoms with Gasteiger partial charge in [-0.3, -0.25) is 14.8 Å². The summed E-state index contributed by atoms with van der Waals surface area (Å²) in [7, 11) is 0. The number of fused-ring (bicyclic) bond motifs is 1. The normalized spacial score (nSPS) is 11.5. The molecule has 0 fully saturated rings. The molecule has 4 N–H and O–H groups in total. The van der Waals surface area contributed by atoms with Crippen molar-refractivity contribution in [3.8, 4) is 0 Å². The van der Waals surface area contributed by atoms with Crippen LogP contribution in [0.3, 0.4) is 0 Å². The molecule has 0 aliphatic rings. The molecule has 0 aliphatic heterocycles. The smallest absolute Gasteiger partial charge is 0.278 e. The molecule has 0 bridgehead atoms. The maximum absolute atomic E-state index is 11.6. The van der Waals surface area contributed by atoms with Gasteiger partial charge in [0, 0.05) is 11.8 Å². The van der Waals surface area contributed by atoms with Gasteiger partial charge < -0.3 is 10.7 Å². The van der Waals surface area contributed by atoms with Crippen molar-refractivity contribution in [2.45, 2.75) is 0 Å². The first-order valence-corrected chi connectivity index (χ1v) is 6.75. The number of nitrogens with two attached hydrogens (primary N) is 1. The summed E-state index contributed by atoms with van der Waals surface area (Å²) >= 11 is 11.3. The molecule has 0 spiro atoms. The Morgan fingerprint density at radius 1 is 1.20 bits per heavy atom. The lowest BCUT2D eigenvalue weighted by Crippen LogP contribution is -2.21. The van der Waals surface area contributed by atoms with E-state index in [0.29, 0.717) is 24.8 Å². The Balaban J connectivity index is 2.25. The van der Waals surface area contributed by atoms with Crippen LogP contribution in [0.2, 0.25) is 0 Å². The van der Waals surface area contributed by atoms with E-state index in [2.05, 4.69) is 30.3 Å². The number of halogens is 2. The van der Waals surface area contributed by atoms with E-state index in [4.69, 9.17) is 28.9 Å². The Kier molecular flexibility index (Phi) is 4.74. The molecule has 11 heteroatoms. The summed E-state index contributed by atoms with van der Waals surface area (Å²) < 4.78 is 0. The van der Waals surface area contributed by atoms with E-state index in [1.54, 1.807) is 5.01 Å². The summed E-state index contributed by atoms with van der Waals surface area (Å²) in [6.07, 6.45) is 0. The molecule has 9 nitrogen and oxygen atoms in total. The number of nitrogens with one attached hydrogen (secondary N) is 2. The van der Waals surface area contributed by atoms with Gasteiger partial charge in [0.2, 0.25) is 5.95 Å². The van der Waals surface area contributed by atoms with Crippen LogP contribution in [-0.2, 0) is 0 Å². The van der Waals surface area contributed by atoms with E-state index in [1.165, 1.54) is 0 Å². The summed E-state index contributed by atoms with van der Waals surface area (Å²) in [5.74, 6) is 0.933. The van der Waals surface area contributed by atoms with Crippen LogP contribution >= 0.6 is 23.2 Å². The molecule has 108 valence electrons. The van der Waals surface area contributed by atoms with Gasteiger partial charge in [-0.1, -0.05) is 10.3 Å². The topological polar surface area (TPSA) is 128 Å². The van der Waals surface area contributed by atoms with Gasteiger partial charge in [-0.2, -0.15) is 9.97 Å². The summed E-state index contributed by atoms with van der Waals surface area (Å²) in [5.41, 5.74) is 5.38. The SMILES string of the molecule is Nc1nc2nc(/N=N/N(CCCl)CCCl)[nH]c2c(=O)[nH]1. The van der Waals surface area contributed by atoms with Gasteiger partial charge in [0.15, 0.2) is 11.2 Å². The average Bonchev–Trinajstić information content (AvgIpc) is 2.79. The molecule has 0 atom stereocenters. The summed E-state index contributed by atoms with van der Waals surface area (Å²) in [6, 6.07) is 0. The van der Waals surface area contributed by atoms with Crippen molar-refractivity contribution >= 4 is 46.3 Å². The molecule has 0 aliphatic carbocycles. The molecule has 2 aromatic rings. The van der Waals surface area contributed by atoms with Crippen LogP contribution in [0.5, 0.6) is 0 Å². The van der Waals surface area contributed by atoms with Crippen molar-refractivity contribution in [1.82, 2.24) is 24.9 Å². The van der Waals surface area contributed by atoms with Gasteiger partial charge in [0.05, 0.1) is 13.1 Å². The Morgan fingerprint density at radius 2 is 1.90 bits per heavy atom. The van der Waals surface area contributed by atoms with Crippen molar-refractivity contribution in [3.63, 3.8) is 0 Å². The van der Waals surface area contributed by atoms with Gasteiger partial charge >= 0.3 is 0 Å². The first-order valence-electron chi connectivity index (χ1n) is 5.68. The highest BCUT2D eigenvalue weighted by Crippen LogP contribution is 2.12. The predicted octanol–water partition coefficient (Wildman–Crippen LogP) is 1.01. The minimum atomic E-state index is -0.417. The monoisotopic (exact) mass is 318 g/mol. The van der Waals surface area contributed by atoms with Crippen molar-refractivity contribution in [3.05, 3.63) is 10.4 Å². The van der Waals surface area contributed by atoms with Gasteiger partial charge in [-0.15, -0.1) is 23.2 Å². The van der Waals surface area contributed by atoms with E-state index >= 15 is 0 Å². The molecule has 0 amide bonds. The number of aromatic nitrogens is 4. The lowest BCUT2D eigenvalue weighted by atomic mass is 10.5. The van der Waals surface area contributed by atoms with Crippen LogP contribution in [0, 0.1) is 0 Å². The molecule has 0 saturated carbocycles. The van der Waals surface area contributed by atoms with E-state index in [0.717, 1.165) is 0 Å². The number of H-pyrrole nitrogens is 2. The number of rotatable bonds is 6. The maximum Gasteiger partial charge on any atom is 0.278 e. The third kappa shape index (κ3) is 3.36. The maximum atomic E-state index is 11.6. The Labute approximate surface area is 123 Å². The molecule has 2 aromatic heterocycles. The van der Waals surface area contributed by atoms with Crippen LogP contribution in [0.15, 0.2) is 15.1 Å². The molecule has 0 radical (unpaired) electrons. The molecule has 20 heavy (non-hydrogen) atoms. The minimum absolute atomic E-state index is 0.0107. The zero-order chi connectivity index (χ0) is 14.5. The predicted molar refractivity (Wildman–Crippen MR) is 76.5 cm³/mol. The van der Waals surface area contributed by atoms with Crippen LogP contribution in [0.25, 0.3) is 11.2 Å². The average molecular weight is 319 g/mol. The molecule has 0 unspecified atom stereocenters. The fourth-order valence-corrected chi connectivity index (χ4v) is 1.85. The van der Waals surface area contributed by atoms with Crippen molar-refractivity contribution in [1.29, 1.82) is 0 Å². The highest BCUT2D eigenvalue weighted by atomic mass is 35.5. The Bertz CT molecular complexity index is 660. The number of aromatic amines is 2. The van der Waals surface area contributed by atoms with Crippen LogP contribution in [0.4, 0.5) is 11.9 Å². The lowest BCUT2D eigenvalue weighted by Gasteiger charge is -2.13. The lowest BCUT2D eigenvalue weighted by molar-refractivity contribution is 0.303. The van der Waals surface area contributed by atoms with Crippen LogP contribution in [-0.4, -0.2) is 49.8 Å². The highest BCUT2D eigenvalue weighted by Gasteiger charge is 2.08. The third-order valence-electron chi connectivity index (χ3n) is 2.32. The minimum Gasteiger partial charge on any atom is -0.369 e. The van der Waals surface area contributed by atoms with Crippen molar-refractivity contribution in [2.24, 2.45) is 10.3 Å². The summed E-state index contributed by atoms with van der Waals surface area (Å²) in [6.45, 7) is 1.01. The second-order valence-corrected chi connectivity index (χ2v) is 4.49. The van der Waals surface area contributed by atoms with E-state index in [1.807, 2.05) is 0 Å². The standard InChI is InChI=1S/C9H12Cl2N8O/c10-1-3-19(4-2-11)18-17-9-13-5-6(15-9)14-8(12)16-7(5)20/h1-4H2,(H4,12,13,14,15,16,20)/b18-17+. The van der Waals surface area contributed by atoms with Gasteiger partial charge in [0.25, 0.3) is 11.5 Å². The molecule has 2 heterocycles. The molecule has 0 aromatic carbocycles. The highest BCUT2D eigenvalue weighted by molar-refractivity contribution is 6.18. The zero-order valence-electron chi connectivity index (χ0n) is 10.3. The molecule has 0 saturated heterocycles. The fraction of sp³-hybridized carbons (Fsp3) is 0.444. The number of imidazole rings is 1. The van der Waals surface area contributed by atoms with E-state index in [9.17, 15) is 4.79 Å². The summed E-state index contributed by atoms with van der Waals surface area (Å²) in [4.78, 5) is 24.5. The first kappa shape index (κ1) is 14.5. The fourth-order valence-electron chi connectivity index (χ4n) is 1.46. The van der Waals surface area contributed by atoms with Gasteiger partial charge in [0.1, 0.15) is 0 Å². The number of hydrogen-bond donors (Lipinski definition) is 3.